The molecule has 0 atom stereocenters. The number of hydrogen-bond acceptors (Lipinski definition) is 2. The number of aromatic nitrogens is 2. The van der Waals surface area contributed by atoms with Crippen LogP contribution in [0.2, 0.25) is 0 Å². The quantitative estimate of drug-likeness (QED) is 0.734. The predicted molar refractivity (Wildman–Crippen MR) is 48.8 cm³/mol. The van der Waals surface area contributed by atoms with Crippen molar-refractivity contribution in [2.75, 3.05) is 6.61 Å². The van der Waals surface area contributed by atoms with E-state index in [4.69, 9.17) is 4.74 Å². The van der Waals surface area contributed by atoms with Crippen LogP contribution in [0.15, 0.2) is 6.20 Å². The lowest BCUT2D eigenvalue weighted by Gasteiger charge is -2.02. The van der Waals surface area contributed by atoms with Crippen LogP contribution >= 0.6 is 0 Å². The summed E-state index contributed by atoms with van der Waals surface area (Å²) < 4.78 is 30.4. The Kier molecular flexibility index (Phi) is 3.85. The summed E-state index contributed by atoms with van der Waals surface area (Å²) in [5.41, 5.74) is 0.729. The van der Waals surface area contributed by atoms with Gasteiger partial charge in [0.25, 0.3) is 6.43 Å². The molecule has 0 radical (unpaired) electrons. The molecular formula is C9H14F2N2O. The second-order valence-electron chi connectivity index (χ2n) is 2.85. The first-order valence-corrected chi connectivity index (χ1v) is 4.64. The molecule has 5 heteroatoms. The Labute approximate surface area is 81.7 Å². The maximum Gasteiger partial charge on any atom is 0.272 e. The molecule has 0 aliphatic heterocycles. The summed E-state index contributed by atoms with van der Waals surface area (Å²) in [4.78, 5) is 0. The van der Waals surface area contributed by atoms with Crippen molar-refractivity contribution in [2.45, 2.75) is 33.2 Å². The van der Waals surface area contributed by atoms with E-state index in [0.29, 0.717) is 18.7 Å². The Morgan fingerprint density at radius 3 is 2.71 bits per heavy atom. The molecule has 0 aliphatic carbocycles. The minimum absolute atomic E-state index is 0.467. The van der Waals surface area contributed by atoms with Crippen LogP contribution in [-0.4, -0.2) is 22.8 Å². The molecule has 0 saturated heterocycles. The van der Waals surface area contributed by atoms with Gasteiger partial charge in [0.1, 0.15) is 12.3 Å². The first-order chi connectivity index (χ1) is 6.67. The lowest BCUT2D eigenvalue weighted by atomic mass is 10.3. The zero-order chi connectivity index (χ0) is 10.6. The Morgan fingerprint density at radius 1 is 1.50 bits per heavy atom. The van der Waals surface area contributed by atoms with Crippen LogP contribution < -0.4 is 4.74 Å². The fourth-order valence-electron chi connectivity index (χ4n) is 1.12. The van der Waals surface area contributed by atoms with Gasteiger partial charge in [-0.05, 0) is 13.3 Å². The van der Waals surface area contributed by atoms with Crippen LogP contribution in [0.1, 0.15) is 19.5 Å². The van der Waals surface area contributed by atoms with Crippen LogP contribution in [0.5, 0.6) is 5.75 Å². The molecule has 0 spiro atoms. The third kappa shape index (κ3) is 2.68. The van der Waals surface area contributed by atoms with Gasteiger partial charge in [0.15, 0.2) is 5.75 Å². The molecule has 0 N–H and O–H groups in total. The fourth-order valence-corrected chi connectivity index (χ4v) is 1.12. The standard InChI is InChI=1S/C9H14F2N2O/c1-3-7-8(14-6-9(10)11)5-13(4-2)12-7/h5,9H,3-4,6H2,1-2H3. The first-order valence-electron chi connectivity index (χ1n) is 4.64. The van der Waals surface area contributed by atoms with E-state index in [0.717, 1.165) is 5.69 Å². The van der Waals surface area contributed by atoms with Crippen LogP contribution in [0.25, 0.3) is 0 Å². The smallest absolute Gasteiger partial charge is 0.272 e. The Morgan fingerprint density at radius 2 is 2.21 bits per heavy atom. The van der Waals surface area contributed by atoms with E-state index in [1.807, 2.05) is 13.8 Å². The van der Waals surface area contributed by atoms with E-state index in [1.54, 1.807) is 10.9 Å². The van der Waals surface area contributed by atoms with Gasteiger partial charge in [-0.15, -0.1) is 0 Å². The average molecular weight is 204 g/mol. The maximum absolute atomic E-state index is 11.9. The number of halogens is 2. The van der Waals surface area contributed by atoms with Gasteiger partial charge >= 0.3 is 0 Å². The molecule has 1 heterocycles. The van der Waals surface area contributed by atoms with Crippen LogP contribution in [0, 0.1) is 0 Å². The second kappa shape index (κ2) is 4.93. The molecule has 1 aromatic heterocycles. The molecule has 80 valence electrons. The summed E-state index contributed by atoms with van der Waals surface area (Å²) in [7, 11) is 0. The molecule has 0 unspecified atom stereocenters. The molecule has 1 aromatic rings. The van der Waals surface area contributed by atoms with Crippen molar-refractivity contribution in [3.8, 4) is 5.75 Å². The Balaban J connectivity index is 2.68. The molecule has 3 nitrogen and oxygen atoms in total. The summed E-state index contributed by atoms with van der Waals surface area (Å²) in [5, 5.41) is 4.17. The average Bonchev–Trinajstić information content (AvgIpc) is 2.57. The van der Waals surface area contributed by atoms with Crippen LogP contribution in [-0.2, 0) is 13.0 Å². The van der Waals surface area contributed by atoms with E-state index in [1.165, 1.54) is 0 Å². The SMILES string of the molecule is CCc1nn(CC)cc1OCC(F)F. The lowest BCUT2D eigenvalue weighted by Crippen LogP contribution is -2.07. The third-order valence-corrected chi connectivity index (χ3v) is 1.82. The van der Waals surface area contributed by atoms with Gasteiger partial charge in [-0.3, -0.25) is 4.68 Å². The summed E-state index contributed by atoms with van der Waals surface area (Å²) in [6.07, 6.45) is -0.100. The Hall–Kier alpha value is -1.13. The first kappa shape index (κ1) is 10.9. The minimum Gasteiger partial charge on any atom is -0.484 e. The summed E-state index contributed by atoms with van der Waals surface area (Å²) in [5.74, 6) is 0.467. The third-order valence-electron chi connectivity index (χ3n) is 1.82. The largest absolute Gasteiger partial charge is 0.484 e. The summed E-state index contributed by atoms with van der Waals surface area (Å²) in [6.45, 7) is 3.99. The predicted octanol–water partition coefficient (Wildman–Crippen LogP) is 2.11. The molecule has 0 aromatic carbocycles. The number of alkyl halides is 2. The number of ether oxygens (including phenoxy) is 1. The highest BCUT2D eigenvalue weighted by Crippen LogP contribution is 2.17. The van der Waals surface area contributed by atoms with E-state index in [2.05, 4.69) is 5.10 Å². The normalized spacial score (nSPS) is 10.9. The topological polar surface area (TPSA) is 27.1 Å². The maximum atomic E-state index is 11.9. The van der Waals surface area contributed by atoms with Crippen molar-refractivity contribution >= 4 is 0 Å². The van der Waals surface area contributed by atoms with Gasteiger partial charge in [-0.2, -0.15) is 5.10 Å². The van der Waals surface area contributed by atoms with E-state index in [9.17, 15) is 8.78 Å². The van der Waals surface area contributed by atoms with Crippen LogP contribution in [0.4, 0.5) is 8.78 Å². The van der Waals surface area contributed by atoms with Crippen LogP contribution in [0.3, 0.4) is 0 Å². The van der Waals surface area contributed by atoms with Gasteiger partial charge < -0.3 is 4.74 Å². The number of rotatable bonds is 5. The van der Waals surface area contributed by atoms with Gasteiger partial charge in [-0.1, -0.05) is 6.92 Å². The van der Waals surface area contributed by atoms with Gasteiger partial charge in [-0.25, -0.2) is 8.78 Å². The molecular weight excluding hydrogens is 190 g/mol. The second-order valence-corrected chi connectivity index (χ2v) is 2.85. The fraction of sp³-hybridized carbons (Fsp3) is 0.667. The molecule has 0 amide bonds. The highest BCUT2D eigenvalue weighted by Gasteiger charge is 2.10. The molecule has 0 aliphatic rings. The number of hydrogen-bond donors (Lipinski definition) is 0. The van der Waals surface area contributed by atoms with Crippen molar-refractivity contribution in [3.05, 3.63) is 11.9 Å². The monoisotopic (exact) mass is 204 g/mol. The zero-order valence-corrected chi connectivity index (χ0v) is 8.33. The van der Waals surface area contributed by atoms with Crippen molar-refractivity contribution in [2.24, 2.45) is 0 Å². The molecule has 1 rings (SSSR count). The minimum atomic E-state index is -2.44. The van der Waals surface area contributed by atoms with Gasteiger partial charge in [0.2, 0.25) is 0 Å². The van der Waals surface area contributed by atoms with Gasteiger partial charge in [0, 0.05) is 6.54 Å². The van der Waals surface area contributed by atoms with E-state index >= 15 is 0 Å². The number of aryl methyl sites for hydroxylation is 2. The van der Waals surface area contributed by atoms with Crippen molar-refractivity contribution in [1.29, 1.82) is 0 Å². The van der Waals surface area contributed by atoms with E-state index < -0.39 is 13.0 Å². The highest BCUT2D eigenvalue weighted by atomic mass is 19.3. The zero-order valence-electron chi connectivity index (χ0n) is 8.33. The van der Waals surface area contributed by atoms with Crippen molar-refractivity contribution in [1.82, 2.24) is 9.78 Å². The van der Waals surface area contributed by atoms with Gasteiger partial charge in [0.05, 0.1) is 6.20 Å². The highest BCUT2D eigenvalue weighted by molar-refractivity contribution is 5.24. The number of nitrogens with zero attached hydrogens (tertiary/aromatic N) is 2. The molecule has 0 fully saturated rings. The molecule has 0 saturated carbocycles. The molecule has 14 heavy (non-hydrogen) atoms. The van der Waals surface area contributed by atoms with Crippen molar-refractivity contribution < 1.29 is 13.5 Å². The summed E-state index contributed by atoms with van der Waals surface area (Å²) >= 11 is 0. The van der Waals surface area contributed by atoms with E-state index in [-0.39, 0.29) is 0 Å². The molecule has 0 bridgehead atoms. The summed E-state index contributed by atoms with van der Waals surface area (Å²) in [6, 6.07) is 0. The lowest BCUT2D eigenvalue weighted by molar-refractivity contribution is 0.0814. The Bertz CT molecular complexity index is 286. The van der Waals surface area contributed by atoms with Crippen molar-refractivity contribution in [3.63, 3.8) is 0 Å².